The van der Waals surface area contributed by atoms with E-state index in [-0.39, 0.29) is 5.91 Å². The van der Waals surface area contributed by atoms with Crippen molar-refractivity contribution in [1.82, 2.24) is 20.3 Å². The first-order valence-corrected chi connectivity index (χ1v) is 7.85. The number of fused-ring (bicyclic) bond motifs is 1. The zero-order valence-electron chi connectivity index (χ0n) is 13.0. The van der Waals surface area contributed by atoms with E-state index in [9.17, 15) is 4.79 Å². The standard InChI is InChI=1S/C16H14Cl2N4O2/c1-8(23)19-6-14-16(18)10-3-11(17)9(4-12(10)22-14)13-5-21-15(24-2)7-20-13/h3-5,7,22H,6H2,1-2H3,(H,19,23). The van der Waals surface area contributed by atoms with Crippen LogP contribution < -0.4 is 10.1 Å². The molecule has 0 fully saturated rings. The van der Waals surface area contributed by atoms with Crippen LogP contribution in [0.4, 0.5) is 0 Å². The Labute approximate surface area is 148 Å². The fourth-order valence-electron chi connectivity index (χ4n) is 2.33. The number of hydrogen-bond donors (Lipinski definition) is 2. The molecular formula is C16H14Cl2N4O2. The summed E-state index contributed by atoms with van der Waals surface area (Å²) in [6.07, 6.45) is 3.12. The zero-order valence-corrected chi connectivity index (χ0v) is 14.5. The minimum atomic E-state index is -0.128. The smallest absolute Gasteiger partial charge is 0.232 e. The second kappa shape index (κ2) is 6.67. The lowest BCUT2D eigenvalue weighted by atomic mass is 10.1. The molecule has 6 nitrogen and oxygen atoms in total. The van der Waals surface area contributed by atoms with Gasteiger partial charge < -0.3 is 15.0 Å². The van der Waals surface area contributed by atoms with Crippen LogP contribution in [-0.2, 0) is 11.3 Å². The first-order chi connectivity index (χ1) is 11.5. The number of nitrogens with zero attached hydrogens (tertiary/aromatic N) is 2. The fraction of sp³-hybridized carbons (Fsp3) is 0.188. The Balaban J connectivity index is 2.03. The van der Waals surface area contributed by atoms with Crippen LogP contribution >= 0.6 is 23.2 Å². The molecule has 0 bridgehead atoms. The van der Waals surface area contributed by atoms with Crippen LogP contribution in [0.5, 0.6) is 5.88 Å². The summed E-state index contributed by atoms with van der Waals surface area (Å²) in [5, 5.41) is 4.54. The maximum atomic E-state index is 11.1. The van der Waals surface area contributed by atoms with Gasteiger partial charge in [-0.25, -0.2) is 9.97 Å². The zero-order chi connectivity index (χ0) is 17.3. The van der Waals surface area contributed by atoms with Crippen molar-refractivity contribution in [2.24, 2.45) is 0 Å². The van der Waals surface area contributed by atoms with Gasteiger partial charge in [-0.05, 0) is 12.1 Å². The van der Waals surface area contributed by atoms with E-state index in [0.29, 0.717) is 28.2 Å². The van der Waals surface area contributed by atoms with Crippen LogP contribution in [0.3, 0.4) is 0 Å². The van der Waals surface area contributed by atoms with Crippen LogP contribution in [0.15, 0.2) is 24.5 Å². The van der Waals surface area contributed by atoms with Crippen molar-refractivity contribution in [1.29, 1.82) is 0 Å². The van der Waals surface area contributed by atoms with Crippen molar-refractivity contribution in [2.75, 3.05) is 7.11 Å². The Bertz CT molecular complexity index is 907. The summed E-state index contributed by atoms with van der Waals surface area (Å²) in [6, 6.07) is 3.63. The van der Waals surface area contributed by atoms with E-state index < -0.39 is 0 Å². The highest BCUT2D eigenvalue weighted by Gasteiger charge is 2.14. The molecule has 124 valence electrons. The SMILES string of the molecule is COc1cnc(-c2cc3[nH]c(CNC(C)=O)c(Cl)c3cc2Cl)cn1. The number of methoxy groups -OCH3 is 1. The maximum absolute atomic E-state index is 11.1. The lowest BCUT2D eigenvalue weighted by Crippen LogP contribution is -2.19. The van der Waals surface area contributed by atoms with Gasteiger partial charge in [-0.2, -0.15) is 0 Å². The molecule has 3 rings (SSSR count). The molecule has 1 amide bonds. The number of carbonyl (C=O) groups excluding carboxylic acids is 1. The lowest BCUT2D eigenvalue weighted by molar-refractivity contribution is -0.119. The van der Waals surface area contributed by atoms with Gasteiger partial charge in [0.1, 0.15) is 0 Å². The average molecular weight is 365 g/mol. The first-order valence-electron chi connectivity index (χ1n) is 7.10. The Kier molecular flexibility index (Phi) is 4.59. The van der Waals surface area contributed by atoms with E-state index in [4.69, 9.17) is 27.9 Å². The predicted octanol–water partition coefficient (Wildman–Crippen LogP) is 3.58. The number of benzene rings is 1. The molecule has 0 spiro atoms. The average Bonchev–Trinajstić information content (AvgIpc) is 2.88. The molecule has 3 aromatic rings. The molecule has 24 heavy (non-hydrogen) atoms. The van der Waals surface area contributed by atoms with Crippen molar-refractivity contribution in [2.45, 2.75) is 13.5 Å². The number of halogens is 2. The van der Waals surface area contributed by atoms with E-state index in [1.54, 1.807) is 12.3 Å². The highest BCUT2D eigenvalue weighted by Crippen LogP contribution is 2.35. The minimum Gasteiger partial charge on any atom is -0.480 e. The van der Waals surface area contributed by atoms with Gasteiger partial charge >= 0.3 is 0 Å². The lowest BCUT2D eigenvalue weighted by Gasteiger charge is -2.05. The van der Waals surface area contributed by atoms with E-state index in [1.165, 1.54) is 20.2 Å². The van der Waals surface area contributed by atoms with Crippen LogP contribution in [0.25, 0.3) is 22.2 Å². The third-order valence-electron chi connectivity index (χ3n) is 3.52. The Morgan fingerprint density at radius 3 is 2.71 bits per heavy atom. The summed E-state index contributed by atoms with van der Waals surface area (Å²) in [4.78, 5) is 22.7. The molecule has 2 N–H and O–H groups in total. The van der Waals surface area contributed by atoms with Crippen LogP contribution in [0.1, 0.15) is 12.6 Å². The van der Waals surface area contributed by atoms with E-state index >= 15 is 0 Å². The second-order valence-electron chi connectivity index (χ2n) is 5.15. The number of aromatic nitrogens is 3. The van der Waals surface area contributed by atoms with Gasteiger partial charge in [0.05, 0.1) is 47.5 Å². The molecule has 0 radical (unpaired) electrons. The number of ether oxygens (including phenoxy) is 1. The number of H-pyrrole nitrogens is 1. The Morgan fingerprint density at radius 2 is 2.08 bits per heavy atom. The summed E-state index contributed by atoms with van der Waals surface area (Å²) in [5.74, 6) is 0.299. The van der Waals surface area contributed by atoms with Gasteiger partial charge in [-0.1, -0.05) is 23.2 Å². The van der Waals surface area contributed by atoms with Crippen LogP contribution in [0.2, 0.25) is 10.0 Å². The topological polar surface area (TPSA) is 79.9 Å². The molecule has 2 aromatic heterocycles. The normalized spacial score (nSPS) is 10.8. The molecule has 0 unspecified atom stereocenters. The van der Waals surface area contributed by atoms with Gasteiger partial charge in [0.15, 0.2) is 0 Å². The monoisotopic (exact) mass is 364 g/mol. The summed E-state index contributed by atoms with van der Waals surface area (Å²) >= 11 is 12.7. The Hall–Kier alpha value is -2.31. The van der Waals surface area contributed by atoms with Gasteiger partial charge in [-0.3, -0.25) is 4.79 Å². The third kappa shape index (κ3) is 3.16. The van der Waals surface area contributed by atoms with Gasteiger partial charge in [-0.15, -0.1) is 0 Å². The summed E-state index contributed by atoms with van der Waals surface area (Å²) in [7, 11) is 1.53. The predicted molar refractivity (Wildman–Crippen MR) is 93.4 cm³/mol. The minimum absolute atomic E-state index is 0.128. The highest BCUT2D eigenvalue weighted by atomic mass is 35.5. The molecule has 0 aliphatic carbocycles. The van der Waals surface area contributed by atoms with Crippen molar-refractivity contribution in [3.05, 3.63) is 40.3 Å². The van der Waals surface area contributed by atoms with Crippen molar-refractivity contribution < 1.29 is 9.53 Å². The molecule has 1 aromatic carbocycles. The van der Waals surface area contributed by atoms with Crippen molar-refractivity contribution in [3.8, 4) is 17.1 Å². The molecular weight excluding hydrogens is 351 g/mol. The molecule has 0 saturated heterocycles. The van der Waals surface area contributed by atoms with E-state index in [1.807, 2.05) is 6.07 Å². The molecule has 0 aliphatic rings. The number of hydrogen-bond acceptors (Lipinski definition) is 4. The maximum Gasteiger partial charge on any atom is 0.232 e. The van der Waals surface area contributed by atoms with E-state index in [2.05, 4.69) is 20.3 Å². The van der Waals surface area contributed by atoms with Crippen LogP contribution in [-0.4, -0.2) is 28.0 Å². The van der Waals surface area contributed by atoms with Crippen molar-refractivity contribution >= 4 is 40.0 Å². The molecule has 0 atom stereocenters. The number of nitrogens with one attached hydrogen (secondary N) is 2. The second-order valence-corrected chi connectivity index (χ2v) is 5.93. The van der Waals surface area contributed by atoms with Gasteiger partial charge in [0.2, 0.25) is 11.8 Å². The van der Waals surface area contributed by atoms with Gasteiger partial charge in [0.25, 0.3) is 0 Å². The quantitative estimate of drug-likeness (QED) is 0.741. The number of aromatic amines is 1. The summed E-state index contributed by atoms with van der Waals surface area (Å²) < 4.78 is 5.01. The fourth-order valence-corrected chi connectivity index (χ4v) is 2.86. The number of amides is 1. The largest absolute Gasteiger partial charge is 0.480 e. The van der Waals surface area contributed by atoms with Crippen LogP contribution in [0, 0.1) is 0 Å². The molecule has 2 heterocycles. The summed E-state index contributed by atoms with van der Waals surface area (Å²) in [5.41, 5.74) is 2.87. The molecule has 0 aliphatic heterocycles. The van der Waals surface area contributed by atoms with Gasteiger partial charge in [0, 0.05) is 23.4 Å². The molecule has 0 saturated carbocycles. The number of rotatable bonds is 4. The molecule has 8 heteroatoms. The third-order valence-corrected chi connectivity index (χ3v) is 4.27. The number of carbonyl (C=O) groups is 1. The van der Waals surface area contributed by atoms with Crippen molar-refractivity contribution in [3.63, 3.8) is 0 Å². The highest BCUT2D eigenvalue weighted by molar-refractivity contribution is 6.38. The van der Waals surface area contributed by atoms with E-state index in [0.717, 1.165) is 22.2 Å². The Morgan fingerprint density at radius 1 is 1.29 bits per heavy atom. The summed E-state index contributed by atoms with van der Waals surface area (Å²) in [6.45, 7) is 1.77. The first kappa shape index (κ1) is 16.5.